The van der Waals surface area contributed by atoms with E-state index in [4.69, 9.17) is 15.6 Å². The zero-order valence-corrected chi connectivity index (χ0v) is 10.5. The summed E-state index contributed by atoms with van der Waals surface area (Å²) in [5.74, 6) is -0.169. The van der Waals surface area contributed by atoms with Gasteiger partial charge in [-0.2, -0.15) is 0 Å². The van der Waals surface area contributed by atoms with Crippen molar-refractivity contribution in [1.29, 1.82) is 0 Å². The van der Waals surface area contributed by atoms with E-state index >= 15 is 0 Å². The zero-order valence-electron chi connectivity index (χ0n) is 10.5. The average Bonchev–Trinajstić information content (AvgIpc) is 2.41. The van der Waals surface area contributed by atoms with Gasteiger partial charge in [0.15, 0.2) is 0 Å². The highest BCUT2D eigenvalue weighted by molar-refractivity contribution is 5.75. The smallest absolute Gasteiger partial charge is 0.310 e. The molecule has 2 aromatic carbocycles. The lowest BCUT2D eigenvalue weighted by Crippen LogP contribution is -2.06. The number of aliphatic carboxylic acids is 1. The van der Waals surface area contributed by atoms with E-state index in [2.05, 4.69) is 0 Å². The van der Waals surface area contributed by atoms with Gasteiger partial charge in [-0.1, -0.05) is 24.3 Å². The molecule has 4 heteroatoms. The number of para-hydroxylation sites is 2. The average molecular weight is 257 g/mol. The molecule has 0 radical (unpaired) electrons. The number of benzene rings is 2. The summed E-state index contributed by atoms with van der Waals surface area (Å²) in [6, 6.07) is 14.2. The van der Waals surface area contributed by atoms with Crippen molar-refractivity contribution in [2.24, 2.45) is 0 Å². The molecule has 1 atom stereocenters. The third kappa shape index (κ3) is 3.04. The van der Waals surface area contributed by atoms with E-state index in [1.165, 1.54) is 0 Å². The normalized spacial score (nSPS) is 11.8. The number of carboxylic acids is 1. The van der Waals surface area contributed by atoms with E-state index < -0.39 is 11.9 Å². The van der Waals surface area contributed by atoms with E-state index in [0.717, 1.165) is 5.56 Å². The van der Waals surface area contributed by atoms with Crippen LogP contribution in [-0.4, -0.2) is 11.1 Å². The van der Waals surface area contributed by atoms with Gasteiger partial charge in [0.2, 0.25) is 0 Å². The fourth-order valence-electron chi connectivity index (χ4n) is 1.67. The lowest BCUT2D eigenvalue weighted by atomic mass is 10.0. The lowest BCUT2D eigenvalue weighted by Gasteiger charge is -2.10. The molecular formula is C15H15NO3. The Kier molecular flexibility index (Phi) is 3.71. The summed E-state index contributed by atoms with van der Waals surface area (Å²) in [5, 5.41) is 8.93. The predicted octanol–water partition coefficient (Wildman–Crippen LogP) is 3.25. The van der Waals surface area contributed by atoms with Crippen molar-refractivity contribution in [2.45, 2.75) is 12.8 Å². The molecule has 0 aliphatic heterocycles. The first-order valence-electron chi connectivity index (χ1n) is 5.93. The van der Waals surface area contributed by atoms with Gasteiger partial charge in [0.1, 0.15) is 11.5 Å². The van der Waals surface area contributed by atoms with Crippen LogP contribution in [0.2, 0.25) is 0 Å². The van der Waals surface area contributed by atoms with Gasteiger partial charge in [-0.25, -0.2) is 0 Å². The van der Waals surface area contributed by atoms with Crippen LogP contribution in [0, 0.1) is 0 Å². The van der Waals surface area contributed by atoms with E-state index in [0.29, 0.717) is 17.2 Å². The fraction of sp³-hybridized carbons (Fsp3) is 0.133. The first-order chi connectivity index (χ1) is 9.08. The molecule has 0 bridgehead atoms. The summed E-state index contributed by atoms with van der Waals surface area (Å²) in [4.78, 5) is 10.9. The van der Waals surface area contributed by atoms with Crippen molar-refractivity contribution < 1.29 is 14.6 Å². The Labute approximate surface area is 111 Å². The predicted molar refractivity (Wildman–Crippen MR) is 73.4 cm³/mol. The molecule has 1 unspecified atom stereocenters. The highest BCUT2D eigenvalue weighted by Gasteiger charge is 2.13. The van der Waals surface area contributed by atoms with Gasteiger partial charge < -0.3 is 15.6 Å². The topological polar surface area (TPSA) is 72.5 Å². The highest BCUT2D eigenvalue weighted by Crippen LogP contribution is 2.28. The summed E-state index contributed by atoms with van der Waals surface area (Å²) >= 11 is 0. The molecule has 0 spiro atoms. The largest absolute Gasteiger partial charge is 0.481 e. The summed E-state index contributed by atoms with van der Waals surface area (Å²) in [5.41, 5.74) is 7.08. The van der Waals surface area contributed by atoms with Crippen LogP contribution in [-0.2, 0) is 4.79 Å². The van der Waals surface area contributed by atoms with E-state index in [9.17, 15) is 4.79 Å². The van der Waals surface area contributed by atoms with Gasteiger partial charge in [-0.3, -0.25) is 4.79 Å². The zero-order chi connectivity index (χ0) is 13.8. The second kappa shape index (κ2) is 5.44. The maximum absolute atomic E-state index is 10.9. The van der Waals surface area contributed by atoms with Gasteiger partial charge in [-0.05, 0) is 36.8 Å². The van der Waals surface area contributed by atoms with Crippen LogP contribution in [0.1, 0.15) is 18.4 Å². The summed E-state index contributed by atoms with van der Waals surface area (Å²) < 4.78 is 5.63. The molecule has 3 N–H and O–H groups in total. The standard InChI is InChI=1S/C15H15NO3/c1-10(15(17)18)11-6-8-12(9-7-11)19-14-5-3-2-4-13(14)16/h2-10H,16H2,1H3,(H,17,18). The number of hydrogen-bond acceptors (Lipinski definition) is 3. The van der Waals surface area contributed by atoms with E-state index in [1.807, 2.05) is 12.1 Å². The third-order valence-electron chi connectivity index (χ3n) is 2.90. The Morgan fingerprint density at radius 1 is 1.16 bits per heavy atom. The molecule has 0 amide bonds. The number of rotatable bonds is 4. The van der Waals surface area contributed by atoms with Crippen LogP contribution in [0.4, 0.5) is 5.69 Å². The second-order valence-electron chi connectivity index (χ2n) is 4.27. The number of ether oxygens (including phenoxy) is 1. The summed E-state index contributed by atoms with van der Waals surface area (Å²) in [6.45, 7) is 1.65. The highest BCUT2D eigenvalue weighted by atomic mass is 16.5. The molecule has 0 aliphatic carbocycles. The molecule has 0 aliphatic rings. The lowest BCUT2D eigenvalue weighted by molar-refractivity contribution is -0.138. The molecule has 19 heavy (non-hydrogen) atoms. The third-order valence-corrected chi connectivity index (χ3v) is 2.90. The van der Waals surface area contributed by atoms with Crippen molar-refractivity contribution in [3.63, 3.8) is 0 Å². The summed E-state index contributed by atoms with van der Waals surface area (Å²) in [7, 11) is 0. The molecule has 0 heterocycles. The van der Waals surface area contributed by atoms with Crippen molar-refractivity contribution in [3.8, 4) is 11.5 Å². The van der Waals surface area contributed by atoms with Gasteiger partial charge >= 0.3 is 5.97 Å². The number of nitrogens with two attached hydrogens (primary N) is 1. The number of hydrogen-bond donors (Lipinski definition) is 2. The number of carboxylic acid groups (broad SMARTS) is 1. The van der Waals surface area contributed by atoms with Crippen LogP contribution < -0.4 is 10.5 Å². The SMILES string of the molecule is CC(C(=O)O)c1ccc(Oc2ccccc2N)cc1. The maximum atomic E-state index is 10.9. The Bertz CT molecular complexity index is 578. The minimum atomic E-state index is -0.846. The molecule has 0 fully saturated rings. The van der Waals surface area contributed by atoms with Gasteiger partial charge in [0.25, 0.3) is 0 Å². The fourth-order valence-corrected chi connectivity index (χ4v) is 1.67. The molecule has 0 aromatic heterocycles. The van der Waals surface area contributed by atoms with Crippen LogP contribution in [0.25, 0.3) is 0 Å². The molecular weight excluding hydrogens is 242 g/mol. The second-order valence-corrected chi connectivity index (χ2v) is 4.27. The van der Waals surface area contributed by atoms with E-state index in [1.54, 1.807) is 43.3 Å². The Hall–Kier alpha value is -2.49. The van der Waals surface area contributed by atoms with Crippen LogP contribution in [0.5, 0.6) is 11.5 Å². The minimum Gasteiger partial charge on any atom is -0.481 e. The van der Waals surface area contributed by atoms with Gasteiger partial charge in [-0.15, -0.1) is 0 Å². The number of carbonyl (C=O) groups is 1. The monoisotopic (exact) mass is 257 g/mol. The molecule has 0 saturated heterocycles. The van der Waals surface area contributed by atoms with Crippen molar-refractivity contribution in [1.82, 2.24) is 0 Å². The molecule has 2 rings (SSSR count). The summed E-state index contributed by atoms with van der Waals surface area (Å²) in [6.07, 6.45) is 0. The Balaban J connectivity index is 2.15. The Morgan fingerprint density at radius 2 is 1.79 bits per heavy atom. The van der Waals surface area contributed by atoms with Crippen LogP contribution >= 0.6 is 0 Å². The van der Waals surface area contributed by atoms with Gasteiger partial charge in [0, 0.05) is 0 Å². The minimum absolute atomic E-state index is 0.532. The van der Waals surface area contributed by atoms with Crippen LogP contribution in [0.15, 0.2) is 48.5 Å². The number of anilines is 1. The van der Waals surface area contributed by atoms with Crippen molar-refractivity contribution in [2.75, 3.05) is 5.73 Å². The number of nitrogen functional groups attached to an aromatic ring is 1. The molecule has 2 aromatic rings. The Morgan fingerprint density at radius 3 is 2.37 bits per heavy atom. The maximum Gasteiger partial charge on any atom is 0.310 e. The first-order valence-corrected chi connectivity index (χ1v) is 5.93. The van der Waals surface area contributed by atoms with Crippen molar-refractivity contribution in [3.05, 3.63) is 54.1 Å². The molecule has 0 saturated carbocycles. The molecule has 4 nitrogen and oxygen atoms in total. The quantitative estimate of drug-likeness (QED) is 0.825. The van der Waals surface area contributed by atoms with Crippen LogP contribution in [0.3, 0.4) is 0 Å². The first kappa shape index (κ1) is 13.0. The van der Waals surface area contributed by atoms with E-state index in [-0.39, 0.29) is 0 Å². The molecule has 98 valence electrons. The van der Waals surface area contributed by atoms with Crippen molar-refractivity contribution >= 4 is 11.7 Å². The van der Waals surface area contributed by atoms with Gasteiger partial charge in [0.05, 0.1) is 11.6 Å².